The molecule has 0 aliphatic carbocycles. The molecular formula is C26H28N2O. The van der Waals surface area contributed by atoms with Gasteiger partial charge < -0.3 is 4.90 Å². The lowest BCUT2D eigenvalue weighted by Gasteiger charge is -2.33. The molecule has 148 valence electrons. The van der Waals surface area contributed by atoms with E-state index in [1.807, 2.05) is 30.3 Å². The molecule has 0 bridgehead atoms. The van der Waals surface area contributed by atoms with Crippen molar-refractivity contribution in [2.75, 3.05) is 40.3 Å². The zero-order valence-corrected chi connectivity index (χ0v) is 17.3. The van der Waals surface area contributed by atoms with Crippen molar-refractivity contribution in [3.8, 4) is 0 Å². The van der Waals surface area contributed by atoms with Crippen molar-refractivity contribution in [3.63, 3.8) is 0 Å². The van der Waals surface area contributed by atoms with Crippen LogP contribution in [0, 0.1) is 0 Å². The average Bonchev–Trinajstić information content (AvgIpc) is 2.72. The Balaban J connectivity index is 1.75. The van der Waals surface area contributed by atoms with Crippen molar-refractivity contribution in [1.29, 1.82) is 0 Å². The summed E-state index contributed by atoms with van der Waals surface area (Å²) in [5, 5.41) is 0. The van der Waals surface area contributed by atoms with Crippen LogP contribution in [-0.4, -0.2) is 55.9 Å². The Morgan fingerprint density at radius 1 is 0.690 bits per heavy atom. The van der Waals surface area contributed by atoms with Crippen LogP contribution in [0.15, 0.2) is 83.0 Å². The van der Waals surface area contributed by atoms with Gasteiger partial charge in [0.2, 0.25) is 0 Å². The average molecular weight is 385 g/mol. The Labute approximate surface area is 173 Å². The van der Waals surface area contributed by atoms with Crippen LogP contribution in [0.5, 0.6) is 0 Å². The fraction of sp³-hybridized carbons (Fsp3) is 0.269. The highest BCUT2D eigenvalue weighted by atomic mass is 16.1. The minimum atomic E-state index is 0.213. The summed E-state index contributed by atoms with van der Waals surface area (Å²) >= 11 is 0. The van der Waals surface area contributed by atoms with Crippen molar-refractivity contribution >= 4 is 17.9 Å². The highest BCUT2D eigenvalue weighted by Crippen LogP contribution is 2.31. The lowest BCUT2D eigenvalue weighted by Crippen LogP contribution is -2.37. The van der Waals surface area contributed by atoms with Crippen molar-refractivity contribution in [1.82, 2.24) is 9.80 Å². The Bertz CT molecular complexity index is 970. The first-order valence-electron chi connectivity index (χ1n) is 10.3. The first kappa shape index (κ1) is 19.6. The van der Waals surface area contributed by atoms with Gasteiger partial charge in [-0.05, 0) is 48.9 Å². The SMILES string of the molecule is CN1CCC(=C2CN(C)CC(=Cc3ccccc3)C2=O)C(=Cc2ccccc2)C1. The second-order valence-electron chi connectivity index (χ2n) is 8.11. The van der Waals surface area contributed by atoms with Crippen LogP contribution in [0.3, 0.4) is 0 Å². The minimum Gasteiger partial charge on any atom is -0.302 e. The summed E-state index contributed by atoms with van der Waals surface area (Å²) in [7, 11) is 4.25. The van der Waals surface area contributed by atoms with E-state index in [9.17, 15) is 4.79 Å². The summed E-state index contributed by atoms with van der Waals surface area (Å²) in [6.07, 6.45) is 5.22. The fourth-order valence-corrected chi connectivity index (χ4v) is 4.20. The molecule has 4 rings (SSSR count). The standard InChI is InChI=1S/C26H28N2O/c1-27-14-13-24(22(17-27)15-20-9-5-3-6-10-20)25-19-28(2)18-23(26(25)29)16-21-11-7-4-8-12-21/h3-12,15-16H,13-14,17-19H2,1-2H3. The molecule has 0 spiro atoms. The summed E-state index contributed by atoms with van der Waals surface area (Å²) in [6.45, 7) is 3.28. The topological polar surface area (TPSA) is 23.6 Å². The Morgan fingerprint density at radius 3 is 1.86 bits per heavy atom. The van der Waals surface area contributed by atoms with Crippen LogP contribution in [0.25, 0.3) is 12.2 Å². The number of piperidine rings is 2. The minimum absolute atomic E-state index is 0.213. The molecule has 0 atom stereocenters. The molecule has 0 aromatic heterocycles. The van der Waals surface area contributed by atoms with Gasteiger partial charge in [0.05, 0.1) is 0 Å². The number of carbonyl (C=O) groups excluding carboxylic acids is 1. The van der Waals surface area contributed by atoms with Crippen LogP contribution in [0.1, 0.15) is 17.5 Å². The van der Waals surface area contributed by atoms with E-state index in [0.29, 0.717) is 6.54 Å². The zero-order valence-electron chi connectivity index (χ0n) is 17.3. The van der Waals surface area contributed by atoms with E-state index >= 15 is 0 Å². The van der Waals surface area contributed by atoms with Gasteiger partial charge in [0.1, 0.15) is 0 Å². The fourth-order valence-electron chi connectivity index (χ4n) is 4.20. The van der Waals surface area contributed by atoms with Crippen molar-refractivity contribution < 1.29 is 4.79 Å². The molecule has 3 nitrogen and oxygen atoms in total. The van der Waals surface area contributed by atoms with Gasteiger partial charge in [-0.25, -0.2) is 0 Å². The van der Waals surface area contributed by atoms with E-state index in [-0.39, 0.29) is 5.78 Å². The van der Waals surface area contributed by atoms with E-state index in [1.165, 1.54) is 16.7 Å². The molecule has 2 aliphatic heterocycles. The molecule has 0 saturated carbocycles. The molecule has 0 unspecified atom stereocenters. The number of benzene rings is 2. The predicted molar refractivity (Wildman–Crippen MR) is 120 cm³/mol. The largest absolute Gasteiger partial charge is 0.302 e. The quantitative estimate of drug-likeness (QED) is 0.721. The number of carbonyl (C=O) groups is 1. The van der Waals surface area contributed by atoms with Crippen LogP contribution in [0.4, 0.5) is 0 Å². The summed E-state index contributed by atoms with van der Waals surface area (Å²) in [5.41, 5.74) is 6.62. The Morgan fingerprint density at radius 2 is 1.24 bits per heavy atom. The highest BCUT2D eigenvalue weighted by Gasteiger charge is 2.29. The number of ketones is 1. The monoisotopic (exact) mass is 384 g/mol. The van der Waals surface area contributed by atoms with Crippen LogP contribution in [0.2, 0.25) is 0 Å². The number of nitrogens with zero attached hydrogens (tertiary/aromatic N) is 2. The molecule has 2 saturated heterocycles. The zero-order chi connectivity index (χ0) is 20.2. The maximum Gasteiger partial charge on any atom is 0.187 e. The molecule has 2 aromatic carbocycles. The predicted octanol–water partition coefficient (Wildman–Crippen LogP) is 4.30. The summed E-state index contributed by atoms with van der Waals surface area (Å²) < 4.78 is 0. The van der Waals surface area contributed by atoms with Crippen LogP contribution >= 0.6 is 0 Å². The van der Waals surface area contributed by atoms with E-state index < -0.39 is 0 Å². The molecule has 0 amide bonds. The van der Waals surface area contributed by atoms with Gasteiger partial charge in [-0.1, -0.05) is 66.7 Å². The Hall–Kier alpha value is -2.75. The summed E-state index contributed by atoms with van der Waals surface area (Å²) in [4.78, 5) is 18.0. The van der Waals surface area contributed by atoms with E-state index in [2.05, 4.69) is 66.4 Å². The second kappa shape index (κ2) is 8.73. The van der Waals surface area contributed by atoms with Gasteiger partial charge >= 0.3 is 0 Å². The van der Waals surface area contributed by atoms with Gasteiger partial charge in [-0.3, -0.25) is 9.69 Å². The molecule has 2 fully saturated rings. The molecule has 2 aromatic rings. The molecule has 2 heterocycles. The van der Waals surface area contributed by atoms with Crippen LogP contribution < -0.4 is 0 Å². The van der Waals surface area contributed by atoms with E-state index in [0.717, 1.165) is 42.8 Å². The number of likely N-dealkylation sites (N-methyl/N-ethyl adjacent to an activating group) is 2. The van der Waals surface area contributed by atoms with Gasteiger partial charge in [0.15, 0.2) is 5.78 Å². The highest BCUT2D eigenvalue weighted by molar-refractivity contribution is 6.13. The summed E-state index contributed by atoms with van der Waals surface area (Å²) in [6, 6.07) is 20.5. The first-order chi connectivity index (χ1) is 14.1. The van der Waals surface area contributed by atoms with E-state index in [4.69, 9.17) is 0 Å². The second-order valence-corrected chi connectivity index (χ2v) is 8.11. The molecule has 2 aliphatic rings. The lowest BCUT2D eigenvalue weighted by molar-refractivity contribution is -0.113. The first-order valence-corrected chi connectivity index (χ1v) is 10.3. The van der Waals surface area contributed by atoms with Crippen molar-refractivity contribution in [3.05, 3.63) is 94.1 Å². The number of hydrogen-bond donors (Lipinski definition) is 0. The number of Topliss-reactive ketones (excluding diaryl/α,β-unsaturated/α-hetero) is 1. The smallest absolute Gasteiger partial charge is 0.187 e. The molecule has 0 radical (unpaired) electrons. The number of hydrogen-bond acceptors (Lipinski definition) is 3. The van der Waals surface area contributed by atoms with Gasteiger partial charge in [-0.15, -0.1) is 0 Å². The van der Waals surface area contributed by atoms with Gasteiger partial charge in [-0.2, -0.15) is 0 Å². The third-order valence-corrected chi connectivity index (χ3v) is 5.65. The number of likely N-dealkylation sites (tertiary alicyclic amines) is 2. The normalized spacial score (nSPS) is 24.4. The van der Waals surface area contributed by atoms with Crippen molar-refractivity contribution in [2.45, 2.75) is 6.42 Å². The molecule has 29 heavy (non-hydrogen) atoms. The van der Waals surface area contributed by atoms with Gasteiger partial charge in [0.25, 0.3) is 0 Å². The third kappa shape index (κ3) is 4.64. The van der Waals surface area contributed by atoms with Crippen molar-refractivity contribution in [2.24, 2.45) is 0 Å². The van der Waals surface area contributed by atoms with E-state index in [1.54, 1.807) is 0 Å². The lowest BCUT2D eigenvalue weighted by atomic mass is 9.85. The molecule has 3 heteroatoms. The summed E-state index contributed by atoms with van der Waals surface area (Å²) in [5.74, 6) is 0.213. The van der Waals surface area contributed by atoms with Gasteiger partial charge in [0, 0.05) is 37.3 Å². The number of rotatable bonds is 2. The Kier molecular flexibility index (Phi) is 5.89. The van der Waals surface area contributed by atoms with Crippen LogP contribution in [-0.2, 0) is 4.79 Å². The maximum absolute atomic E-state index is 13.5. The maximum atomic E-state index is 13.5. The molecular weight excluding hydrogens is 356 g/mol. The third-order valence-electron chi connectivity index (χ3n) is 5.65. The molecule has 0 N–H and O–H groups in total.